The first-order chi connectivity index (χ1) is 12.1. The molecule has 0 N–H and O–H groups in total. The van der Waals surface area contributed by atoms with E-state index in [1.54, 1.807) is 17.8 Å². The molecule has 25 heavy (non-hydrogen) atoms. The first kappa shape index (κ1) is 20.1. The van der Waals surface area contributed by atoms with Gasteiger partial charge in [-0.05, 0) is 64.8 Å². The van der Waals surface area contributed by atoms with Crippen LogP contribution in [0, 0.1) is 0 Å². The number of aryl methyl sites for hydroxylation is 2. The van der Waals surface area contributed by atoms with Crippen LogP contribution < -0.4 is 0 Å². The Labute approximate surface area is 163 Å². The minimum absolute atomic E-state index is 0.573. The van der Waals surface area contributed by atoms with Crippen molar-refractivity contribution >= 4 is 46.0 Å². The predicted molar refractivity (Wildman–Crippen MR) is 108 cm³/mol. The van der Waals surface area contributed by atoms with Gasteiger partial charge in [0.1, 0.15) is 5.52 Å². The molecule has 0 aliphatic heterocycles. The average Bonchev–Trinajstić information content (AvgIpc) is 3.09. The standard InChI is InChI=1S/C12H17Cl.C7H5ClN2OS/c1-3-5-10-7-8-12(13)9-11(10)6-4-2;1-12-5-3-2-4(8)6-7(5)10-11-9-6/h7-9H,3-6H2,1-2H3;2-3H,1H3. The van der Waals surface area contributed by atoms with Crippen molar-refractivity contribution in [2.75, 3.05) is 6.26 Å². The first-order valence-electron chi connectivity index (χ1n) is 8.32. The largest absolute Gasteiger partial charge is 0.243 e. The summed E-state index contributed by atoms with van der Waals surface area (Å²) < 4.78 is 4.59. The van der Waals surface area contributed by atoms with Gasteiger partial charge in [0, 0.05) is 9.92 Å². The van der Waals surface area contributed by atoms with Gasteiger partial charge in [-0.2, -0.15) is 0 Å². The number of hydrogen-bond donors (Lipinski definition) is 0. The maximum Gasteiger partial charge on any atom is 0.154 e. The van der Waals surface area contributed by atoms with E-state index >= 15 is 0 Å². The van der Waals surface area contributed by atoms with Crippen molar-refractivity contribution in [2.24, 2.45) is 0 Å². The lowest BCUT2D eigenvalue weighted by Crippen LogP contribution is -1.93. The van der Waals surface area contributed by atoms with Gasteiger partial charge < -0.3 is 0 Å². The average molecular weight is 397 g/mol. The number of thioether (sulfide) groups is 1. The lowest BCUT2D eigenvalue weighted by Gasteiger charge is -2.07. The number of rotatable bonds is 5. The monoisotopic (exact) mass is 396 g/mol. The zero-order chi connectivity index (χ0) is 18.2. The number of nitrogens with zero attached hydrogens (tertiary/aromatic N) is 2. The lowest BCUT2D eigenvalue weighted by molar-refractivity contribution is 0.315. The summed E-state index contributed by atoms with van der Waals surface area (Å²) in [6.45, 7) is 4.42. The van der Waals surface area contributed by atoms with E-state index in [2.05, 4.69) is 40.9 Å². The molecule has 0 radical (unpaired) electrons. The Bertz CT molecular complexity index is 820. The van der Waals surface area contributed by atoms with E-state index in [0.717, 1.165) is 21.9 Å². The Morgan fingerprint density at radius 1 is 0.920 bits per heavy atom. The Morgan fingerprint density at radius 3 is 2.28 bits per heavy atom. The summed E-state index contributed by atoms with van der Waals surface area (Å²) in [5.74, 6) is 0. The molecule has 0 aliphatic carbocycles. The van der Waals surface area contributed by atoms with Crippen LogP contribution in [0.15, 0.2) is 39.9 Å². The third-order valence-corrected chi connectivity index (χ3v) is 5.07. The summed E-state index contributed by atoms with van der Waals surface area (Å²) in [6.07, 6.45) is 6.69. The van der Waals surface area contributed by atoms with Gasteiger partial charge in [-0.15, -0.1) is 11.8 Å². The Kier molecular flexibility index (Phi) is 8.07. The van der Waals surface area contributed by atoms with Crippen molar-refractivity contribution in [3.63, 3.8) is 0 Å². The quantitative estimate of drug-likeness (QED) is 0.442. The summed E-state index contributed by atoms with van der Waals surface area (Å²) in [6, 6.07) is 9.96. The number of halogens is 2. The predicted octanol–water partition coefficient (Wildman–Crippen LogP) is 6.84. The van der Waals surface area contributed by atoms with E-state index in [1.807, 2.05) is 18.4 Å². The number of hydrogen-bond acceptors (Lipinski definition) is 4. The van der Waals surface area contributed by atoms with Crippen molar-refractivity contribution in [3.05, 3.63) is 51.5 Å². The van der Waals surface area contributed by atoms with Gasteiger partial charge in [0.2, 0.25) is 0 Å². The Morgan fingerprint density at radius 2 is 1.60 bits per heavy atom. The highest BCUT2D eigenvalue weighted by atomic mass is 35.5. The Balaban J connectivity index is 0.000000181. The van der Waals surface area contributed by atoms with Crippen molar-refractivity contribution in [1.82, 2.24) is 10.3 Å². The van der Waals surface area contributed by atoms with Crippen LogP contribution in [0.1, 0.15) is 37.8 Å². The molecular formula is C19H22Cl2N2OS. The molecule has 0 unspecified atom stereocenters. The molecule has 1 heterocycles. The zero-order valence-electron chi connectivity index (χ0n) is 14.7. The van der Waals surface area contributed by atoms with Crippen LogP contribution in [-0.2, 0) is 12.8 Å². The number of fused-ring (bicyclic) bond motifs is 1. The molecule has 2 aromatic carbocycles. The zero-order valence-corrected chi connectivity index (χ0v) is 17.0. The second-order valence-corrected chi connectivity index (χ2v) is 7.32. The maximum atomic E-state index is 5.95. The highest BCUT2D eigenvalue weighted by Crippen LogP contribution is 2.28. The van der Waals surface area contributed by atoms with Gasteiger partial charge in [0.05, 0.1) is 5.02 Å². The molecule has 0 atom stereocenters. The number of benzene rings is 2. The molecule has 0 saturated heterocycles. The van der Waals surface area contributed by atoms with E-state index in [1.165, 1.54) is 30.4 Å². The molecule has 1 aromatic heterocycles. The molecule has 3 nitrogen and oxygen atoms in total. The van der Waals surface area contributed by atoms with E-state index < -0.39 is 0 Å². The van der Waals surface area contributed by atoms with Crippen LogP contribution in [0.5, 0.6) is 0 Å². The summed E-state index contributed by atoms with van der Waals surface area (Å²) in [7, 11) is 0. The molecule has 0 amide bonds. The van der Waals surface area contributed by atoms with Gasteiger partial charge in [-0.25, -0.2) is 4.63 Å². The van der Waals surface area contributed by atoms with Gasteiger partial charge >= 0.3 is 0 Å². The second kappa shape index (κ2) is 10.0. The molecule has 0 aliphatic rings. The van der Waals surface area contributed by atoms with Gasteiger partial charge in [0.15, 0.2) is 5.52 Å². The molecule has 0 bridgehead atoms. The topological polar surface area (TPSA) is 38.9 Å². The molecule has 0 fully saturated rings. The van der Waals surface area contributed by atoms with Crippen LogP contribution in [0.4, 0.5) is 0 Å². The molecule has 3 rings (SSSR count). The Hall–Kier alpha value is -1.23. The minimum atomic E-state index is 0.573. The highest BCUT2D eigenvalue weighted by molar-refractivity contribution is 7.98. The first-order valence-corrected chi connectivity index (χ1v) is 10.3. The SMILES string of the molecule is CCCc1ccc(Cl)cc1CCC.CSc1ccc(Cl)c2nonc12. The highest BCUT2D eigenvalue weighted by Gasteiger charge is 2.08. The summed E-state index contributed by atoms with van der Waals surface area (Å²) >= 11 is 13.4. The molecule has 134 valence electrons. The van der Waals surface area contributed by atoms with E-state index in [9.17, 15) is 0 Å². The van der Waals surface area contributed by atoms with Crippen LogP contribution in [-0.4, -0.2) is 16.6 Å². The van der Waals surface area contributed by atoms with Crippen LogP contribution in [0.25, 0.3) is 11.0 Å². The second-order valence-electron chi connectivity index (χ2n) is 5.62. The van der Waals surface area contributed by atoms with Crippen molar-refractivity contribution < 1.29 is 4.63 Å². The van der Waals surface area contributed by atoms with E-state index in [0.29, 0.717) is 10.5 Å². The van der Waals surface area contributed by atoms with E-state index in [-0.39, 0.29) is 0 Å². The van der Waals surface area contributed by atoms with Gasteiger partial charge in [0.25, 0.3) is 0 Å². The van der Waals surface area contributed by atoms with Crippen molar-refractivity contribution in [3.8, 4) is 0 Å². The third-order valence-electron chi connectivity index (χ3n) is 3.76. The fraction of sp³-hybridized carbons (Fsp3) is 0.368. The fourth-order valence-corrected chi connectivity index (χ4v) is 3.50. The minimum Gasteiger partial charge on any atom is -0.243 e. The van der Waals surface area contributed by atoms with Gasteiger partial charge in [-0.3, -0.25) is 0 Å². The molecule has 0 saturated carbocycles. The molecule has 0 spiro atoms. The molecular weight excluding hydrogens is 375 g/mol. The summed E-state index contributed by atoms with van der Waals surface area (Å²) in [4.78, 5) is 1.02. The van der Waals surface area contributed by atoms with E-state index in [4.69, 9.17) is 23.2 Å². The van der Waals surface area contributed by atoms with Crippen molar-refractivity contribution in [2.45, 2.75) is 44.4 Å². The maximum absolute atomic E-state index is 5.95. The number of aromatic nitrogens is 2. The fourth-order valence-electron chi connectivity index (χ4n) is 2.59. The van der Waals surface area contributed by atoms with Crippen LogP contribution in [0.3, 0.4) is 0 Å². The lowest BCUT2D eigenvalue weighted by atomic mass is 10.00. The van der Waals surface area contributed by atoms with Crippen LogP contribution in [0.2, 0.25) is 10.0 Å². The third kappa shape index (κ3) is 5.37. The normalized spacial score (nSPS) is 10.6. The molecule has 6 heteroatoms. The summed E-state index contributed by atoms with van der Waals surface area (Å²) in [5.41, 5.74) is 4.25. The molecule has 3 aromatic rings. The van der Waals surface area contributed by atoms with Crippen molar-refractivity contribution in [1.29, 1.82) is 0 Å². The smallest absolute Gasteiger partial charge is 0.154 e. The van der Waals surface area contributed by atoms with Crippen LogP contribution >= 0.6 is 35.0 Å². The summed E-state index contributed by atoms with van der Waals surface area (Å²) in [5, 5.41) is 8.89. The van der Waals surface area contributed by atoms with Gasteiger partial charge in [-0.1, -0.05) is 56.0 Å².